The highest BCUT2D eigenvalue weighted by atomic mass is 19.1. The predicted molar refractivity (Wildman–Crippen MR) is 137 cm³/mol. The van der Waals surface area contributed by atoms with Crippen molar-refractivity contribution in [1.29, 1.82) is 0 Å². The Balaban J connectivity index is 1.31. The molecule has 39 heavy (non-hydrogen) atoms. The molecule has 3 amide bonds. The van der Waals surface area contributed by atoms with Crippen molar-refractivity contribution in [3.05, 3.63) is 89.6 Å². The number of amides is 3. The van der Waals surface area contributed by atoms with Crippen LogP contribution >= 0.6 is 0 Å². The summed E-state index contributed by atoms with van der Waals surface area (Å²) in [6.07, 6.45) is 4.28. The van der Waals surface area contributed by atoms with E-state index in [1.807, 2.05) is 0 Å². The summed E-state index contributed by atoms with van der Waals surface area (Å²) in [5.74, 6) is -2.01. The van der Waals surface area contributed by atoms with Crippen LogP contribution in [0.3, 0.4) is 0 Å². The molecular weight excluding hydrogens is 513 g/mol. The number of carbonyl (C=O) groups excluding carboxylic acids is 2. The molecule has 0 spiro atoms. The van der Waals surface area contributed by atoms with E-state index in [1.165, 1.54) is 42.2 Å². The highest BCUT2D eigenvalue weighted by Gasteiger charge is 2.25. The molecule has 1 aliphatic rings. The minimum atomic E-state index is -0.790. The van der Waals surface area contributed by atoms with Gasteiger partial charge in [-0.3, -0.25) is 15.1 Å². The summed E-state index contributed by atoms with van der Waals surface area (Å²) in [7, 11) is 1.47. The van der Waals surface area contributed by atoms with E-state index in [0.717, 1.165) is 43.5 Å². The van der Waals surface area contributed by atoms with Crippen LogP contribution in [0, 0.1) is 17.5 Å². The van der Waals surface area contributed by atoms with Gasteiger partial charge in [0, 0.05) is 43.4 Å². The number of ether oxygens (including phenoxy) is 1. The summed E-state index contributed by atoms with van der Waals surface area (Å²) >= 11 is 0. The second-order valence-corrected chi connectivity index (χ2v) is 8.90. The molecule has 5 rings (SSSR count). The zero-order chi connectivity index (χ0) is 27.5. The maximum Gasteiger partial charge on any atom is 0.324 e. The number of urea groups is 1. The number of halogens is 3. The summed E-state index contributed by atoms with van der Waals surface area (Å²) in [5.41, 5.74) is 0.773. The molecule has 0 unspecified atom stereocenters. The fourth-order valence-corrected chi connectivity index (χ4v) is 4.04. The second-order valence-electron chi connectivity index (χ2n) is 8.90. The highest BCUT2D eigenvalue weighted by Crippen LogP contribution is 2.37. The molecule has 2 aromatic heterocycles. The third-order valence-electron chi connectivity index (χ3n) is 6.20. The lowest BCUT2D eigenvalue weighted by molar-refractivity contribution is 0.0957. The number of benzene rings is 2. The van der Waals surface area contributed by atoms with Gasteiger partial charge in [-0.1, -0.05) is 6.42 Å². The van der Waals surface area contributed by atoms with Crippen molar-refractivity contribution in [3.63, 3.8) is 0 Å². The zero-order valence-corrected chi connectivity index (χ0v) is 20.7. The molecule has 3 N–H and O–H groups in total. The normalized spacial score (nSPS) is 12.9. The topological polar surface area (TPSA) is 110 Å². The van der Waals surface area contributed by atoms with Gasteiger partial charge in [0.2, 0.25) is 0 Å². The molecule has 1 saturated carbocycles. The first kappa shape index (κ1) is 25.8. The number of hydrogen-bond acceptors (Lipinski definition) is 5. The van der Waals surface area contributed by atoms with E-state index in [9.17, 15) is 22.8 Å². The number of nitrogens with one attached hydrogen (secondary N) is 3. The average Bonchev–Trinajstić information content (AvgIpc) is 3.26. The Morgan fingerprint density at radius 3 is 2.36 bits per heavy atom. The first-order valence-corrected chi connectivity index (χ1v) is 12.1. The Kier molecular flexibility index (Phi) is 7.17. The molecule has 200 valence electrons. The lowest BCUT2D eigenvalue weighted by Crippen LogP contribution is -2.22. The molecule has 1 fully saturated rings. The third kappa shape index (κ3) is 5.84. The van der Waals surface area contributed by atoms with Gasteiger partial charge < -0.3 is 15.4 Å². The van der Waals surface area contributed by atoms with Gasteiger partial charge in [-0.25, -0.2) is 22.6 Å². The molecule has 9 nitrogen and oxygen atoms in total. The number of hydrogen-bond donors (Lipinski definition) is 3. The third-order valence-corrected chi connectivity index (χ3v) is 6.20. The standard InChI is InChI=1S/C27H23F3N6O3/c1-31-26(37)24-13-20(7-8-32-24)39-19-5-6-22(21(30)12-19)33-27(38)34-25-14-23(15-3-2-4-15)35-36(25)18-10-16(28)9-17(29)11-18/h5-15H,2-4H2,1H3,(H,31,37)(H2,33,34,38). The largest absolute Gasteiger partial charge is 0.457 e. The SMILES string of the molecule is CNC(=O)c1cc(Oc2ccc(NC(=O)Nc3cc(C4CCC4)nn3-c3cc(F)cc(F)c3)c(F)c2)ccn1. The molecule has 0 aliphatic heterocycles. The van der Waals surface area contributed by atoms with Gasteiger partial charge in [-0.15, -0.1) is 0 Å². The quantitative estimate of drug-likeness (QED) is 0.279. The average molecular weight is 537 g/mol. The lowest BCUT2D eigenvalue weighted by atomic mass is 9.83. The summed E-state index contributed by atoms with van der Waals surface area (Å²) < 4.78 is 49.4. The Hall–Kier alpha value is -4.87. The maximum atomic E-state index is 14.8. The molecule has 2 heterocycles. The van der Waals surface area contributed by atoms with Gasteiger partial charge in [-0.2, -0.15) is 5.10 Å². The molecule has 0 atom stereocenters. The Bertz CT molecular complexity index is 1530. The number of pyridine rings is 1. The van der Waals surface area contributed by atoms with E-state index in [1.54, 1.807) is 6.07 Å². The highest BCUT2D eigenvalue weighted by molar-refractivity contribution is 5.99. The number of aromatic nitrogens is 3. The Morgan fingerprint density at radius 1 is 0.949 bits per heavy atom. The first-order valence-electron chi connectivity index (χ1n) is 12.1. The second kappa shape index (κ2) is 10.9. The minimum absolute atomic E-state index is 0.0942. The van der Waals surface area contributed by atoms with Crippen LogP contribution in [0.4, 0.5) is 29.5 Å². The molecule has 0 bridgehead atoms. The first-order chi connectivity index (χ1) is 18.8. The van der Waals surface area contributed by atoms with Crippen molar-refractivity contribution in [2.24, 2.45) is 0 Å². The van der Waals surface area contributed by atoms with Crippen molar-refractivity contribution in [1.82, 2.24) is 20.1 Å². The molecule has 0 saturated heterocycles. The Labute approximate surface area is 221 Å². The van der Waals surface area contributed by atoms with Crippen LogP contribution in [0.1, 0.15) is 41.4 Å². The summed E-state index contributed by atoms with van der Waals surface area (Å²) in [4.78, 5) is 28.5. The summed E-state index contributed by atoms with van der Waals surface area (Å²) in [6.45, 7) is 0. The van der Waals surface area contributed by atoms with Crippen LogP contribution in [0.15, 0.2) is 60.8 Å². The van der Waals surface area contributed by atoms with Crippen LogP contribution < -0.4 is 20.7 Å². The van der Waals surface area contributed by atoms with Gasteiger partial charge in [0.15, 0.2) is 0 Å². The van der Waals surface area contributed by atoms with E-state index in [-0.39, 0.29) is 40.3 Å². The lowest BCUT2D eigenvalue weighted by Gasteiger charge is -2.22. The fraction of sp³-hybridized carbons (Fsp3) is 0.185. The molecule has 2 aromatic carbocycles. The monoisotopic (exact) mass is 536 g/mol. The van der Waals surface area contributed by atoms with Gasteiger partial charge in [0.25, 0.3) is 5.91 Å². The van der Waals surface area contributed by atoms with Crippen molar-refractivity contribution in [2.75, 3.05) is 17.7 Å². The fourth-order valence-electron chi connectivity index (χ4n) is 4.04. The van der Waals surface area contributed by atoms with Crippen molar-refractivity contribution < 1.29 is 27.5 Å². The predicted octanol–water partition coefficient (Wildman–Crippen LogP) is 5.75. The van der Waals surface area contributed by atoms with Gasteiger partial charge in [0.05, 0.1) is 17.1 Å². The maximum absolute atomic E-state index is 14.8. The van der Waals surface area contributed by atoms with Crippen LogP contribution in [0.5, 0.6) is 11.5 Å². The van der Waals surface area contributed by atoms with Gasteiger partial charge in [-0.05, 0) is 43.2 Å². The minimum Gasteiger partial charge on any atom is -0.457 e. The number of rotatable bonds is 7. The Morgan fingerprint density at radius 2 is 1.69 bits per heavy atom. The van der Waals surface area contributed by atoms with Crippen LogP contribution in [-0.2, 0) is 0 Å². The number of carbonyl (C=O) groups is 2. The van der Waals surface area contributed by atoms with Crippen LogP contribution in [0.2, 0.25) is 0 Å². The van der Waals surface area contributed by atoms with E-state index in [4.69, 9.17) is 4.74 Å². The van der Waals surface area contributed by atoms with Crippen LogP contribution in [-0.4, -0.2) is 33.8 Å². The molecule has 0 radical (unpaired) electrons. The smallest absolute Gasteiger partial charge is 0.324 e. The van der Waals surface area contributed by atoms with Gasteiger partial charge in [0.1, 0.15) is 40.5 Å². The molecular formula is C27H23F3N6O3. The number of nitrogens with zero attached hydrogens (tertiary/aromatic N) is 3. The molecule has 1 aliphatic carbocycles. The van der Waals surface area contributed by atoms with Gasteiger partial charge >= 0.3 is 6.03 Å². The van der Waals surface area contributed by atoms with E-state index in [0.29, 0.717) is 5.69 Å². The van der Waals surface area contributed by atoms with Crippen molar-refractivity contribution in [3.8, 4) is 17.2 Å². The van der Waals surface area contributed by atoms with E-state index in [2.05, 4.69) is 26.0 Å². The molecule has 4 aromatic rings. The summed E-state index contributed by atoms with van der Waals surface area (Å²) in [6, 6.07) is 10.5. The van der Waals surface area contributed by atoms with Crippen molar-refractivity contribution in [2.45, 2.75) is 25.2 Å². The number of anilines is 2. The van der Waals surface area contributed by atoms with E-state index >= 15 is 0 Å². The zero-order valence-electron chi connectivity index (χ0n) is 20.7. The molecule has 12 heteroatoms. The van der Waals surface area contributed by atoms with Crippen molar-refractivity contribution >= 4 is 23.4 Å². The van der Waals surface area contributed by atoms with E-state index < -0.39 is 29.4 Å². The summed E-state index contributed by atoms with van der Waals surface area (Å²) in [5, 5.41) is 11.9. The van der Waals surface area contributed by atoms with Crippen LogP contribution in [0.25, 0.3) is 5.69 Å².